The second kappa shape index (κ2) is 10.7. The molecule has 3 heterocycles. The van der Waals surface area contributed by atoms with E-state index >= 15 is 0 Å². The van der Waals surface area contributed by atoms with Crippen molar-refractivity contribution in [2.24, 2.45) is 5.92 Å². The highest BCUT2D eigenvalue weighted by Crippen LogP contribution is 2.17. The highest BCUT2D eigenvalue weighted by Gasteiger charge is 2.28. The zero-order valence-electron chi connectivity index (χ0n) is 18.3. The summed E-state index contributed by atoms with van der Waals surface area (Å²) in [4.78, 5) is 33.3. The first-order valence-electron chi connectivity index (χ1n) is 10.9. The van der Waals surface area contributed by atoms with Gasteiger partial charge >= 0.3 is 0 Å². The molecular weight excluding hydrogens is 384 g/mol. The topological polar surface area (TPSA) is 84.0 Å². The number of rotatable bonds is 7. The van der Waals surface area contributed by atoms with Crippen molar-refractivity contribution in [2.45, 2.75) is 45.7 Å². The van der Waals surface area contributed by atoms with Gasteiger partial charge in [0.2, 0.25) is 11.8 Å². The summed E-state index contributed by atoms with van der Waals surface area (Å²) in [6, 6.07) is 3.47. The summed E-state index contributed by atoms with van der Waals surface area (Å²) < 4.78 is 11.1. The average molecular weight is 419 g/mol. The van der Waals surface area contributed by atoms with Crippen molar-refractivity contribution in [3.63, 3.8) is 0 Å². The predicted molar refractivity (Wildman–Crippen MR) is 113 cm³/mol. The van der Waals surface area contributed by atoms with Gasteiger partial charge < -0.3 is 19.7 Å². The molecular formula is C22H34N4O4. The van der Waals surface area contributed by atoms with Crippen molar-refractivity contribution in [3.05, 3.63) is 23.9 Å². The van der Waals surface area contributed by atoms with Gasteiger partial charge in [-0.15, -0.1) is 0 Å². The molecule has 8 heteroatoms. The fourth-order valence-corrected chi connectivity index (χ4v) is 3.77. The lowest BCUT2D eigenvalue weighted by Gasteiger charge is -2.37. The van der Waals surface area contributed by atoms with Crippen LogP contribution in [0.1, 0.15) is 44.0 Å². The van der Waals surface area contributed by atoms with Crippen LogP contribution in [0.25, 0.3) is 0 Å². The Kier molecular flexibility index (Phi) is 8.04. The second-order valence-corrected chi connectivity index (χ2v) is 8.42. The molecule has 2 fully saturated rings. The van der Waals surface area contributed by atoms with Gasteiger partial charge in [-0.25, -0.2) is 4.98 Å². The Labute approximate surface area is 178 Å². The fraction of sp³-hybridized carbons (Fsp3) is 0.682. The van der Waals surface area contributed by atoms with Gasteiger partial charge in [0.25, 0.3) is 5.91 Å². The van der Waals surface area contributed by atoms with Crippen LogP contribution in [-0.4, -0.2) is 84.7 Å². The van der Waals surface area contributed by atoms with Gasteiger partial charge in [-0.3, -0.25) is 14.5 Å². The van der Waals surface area contributed by atoms with Crippen molar-refractivity contribution >= 4 is 11.8 Å². The predicted octanol–water partition coefficient (Wildman–Crippen LogP) is 1.56. The highest BCUT2D eigenvalue weighted by molar-refractivity contribution is 5.94. The quantitative estimate of drug-likeness (QED) is 0.724. The van der Waals surface area contributed by atoms with Crippen molar-refractivity contribution < 1.29 is 19.1 Å². The number of amides is 2. The van der Waals surface area contributed by atoms with Gasteiger partial charge in [0.1, 0.15) is 0 Å². The largest absolute Gasteiger partial charge is 0.477 e. The van der Waals surface area contributed by atoms with Crippen molar-refractivity contribution in [3.8, 4) is 5.88 Å². The van der Waals surface area contributed by atoms with E-state index in [4.69, 9.17) is 9.47 Å². The van der Waals surface area contributed by atoms with Crippen molar-refractivity contribution in [1.29, 1.82) is 0 Å². The van der Waals surface area contributed by atoms with Crippen LogP contribution in [0.3, 0.4) is 0 Å². The van der Waals surface area contributed by atoms with E-state index in [1.807, 2.05) is 25.7 Å². The molecule has 2 aliphatic heterocycles. The summed E-state index contributed by atoms with van der Waals surface area (Å²) in [6.45, 7) is 10.6. The molecule has 0 bridgehead atoms. The van der Waals surface area contributed by atoms with E-state index < -0.39 is 0 Å². The molecule has 1 aromatic rings. The van der Waals surface area contributed by atoms with Crippen LogP contribution in [0, 0.1) is 5.92 Å². The Morgan fingerprint density at radius 3 is 2.47 bits per heavy atom. The van der Waals surface area contributed by atoms with E-state index in [1.165, 1.54) is 0 Å². The monoisotopic (exact) mass is 418 g/mol. The van der Waals surface area contributed by atoms with Crippen LogP contribution in [0.5, 0.6) is 5.88 Å². The molecule has 0 radical (unpaired) electrons. The molecule has 166 valence electrons. The average Bonchev–Trinajstić information content (AvgIpc) is 2.77. The van der Waals surface area contributed by atoms with Crippen LogP contribution in [-0.2, 0) is 9.53 Å². The first kappa shape index (κ1) is 22.5. The summed E-state index contributed by atoms with van der Waals surface area (Å²) in [5, 5.41) is 2.95. The van der Waals surface area contributed by atoms with Gasteiger partial charge in [-0.2, -0.15) is 0 Å². The van der Waals surface area contributed by atoms with Gasteiger partial charge in [-0.1, -0.05) is 0 Å². The number of nitrogens with one attached hydrogen (secondary N) is 1. The third kappa shape index (κ3) is 6.15. The Morgan fingerprint density at radius 2 is 1.87 bits per heavy atom. The summed E-state index contributed by atoms with van der Waals surface area (Å²) in [5.74, 6) is 1.05. The number of hydrogen-bond donors (Lipinski definition) is 1. The third-order valence-corrected chi connectivity index (χ3v) is 5.75. The minimum atomic E-state index is -0.196. The molecule has 0 spiro atoms. The van der Waals surface area contributed by atoms with Crippen LogP contribution in [0.4, 0.5) is 0 Å². The number of ether oxygens (including phenoxy) is 2. The molecule has 0 aromatic carbocycles. The lowest BCUT2D eigenvalue weighted by molar-refractivity contribution is -0.126. The van der Waals surface area contributed by atoms with E-state index in [2.05, 4.69) is 15.2 Å². The van der Waals surface area contributed by atoms with Crippen molar-refractivity contribution in [1.82, 2.24) is 20.1 Å². The first-order chi connectivity index (χ1) is 14.4. The Bertz CT molecular complexity index is 696. The Hall–Kier alpha value is -2.19. The summed E-state index contributed by atoms with van der Waals surface area (Å²) >= 11 is 0. The highest BCUT2D eigenvalue weighted by atomic mass is 16.5. The number of aromatic nitrogens is 1. The SMILES string of the molecule is CC(C)NC(=O)[C@@H](C)N1CCN(C(=O)c2ccc(OCC3CCOCC3)nc2)CC1. The zero-order valence-corrected chi connectivity index (χ0v) is 18.3. The van der Waals surface area contributed by atoms with E-state index in [1.54, 1.807) is 18.3 Å². The minimum Gasteiger partial charge on any atom is -0.477 e. The number of carbonyl (C=O) groups excluding carboxylic acids is 2. The first-order valence-corrected chi connectivity index (χ1v) is 10.9. The van der Waals surface area contributed by atoms with Gasteiger partial charge in [-0.05, 0) is 45.6 Å². The summed E-state index contributed by atoms with van der Waals surface area (Å²) in [5.41, 5.74) is 0.562. The molecule has 0 unspecified atom stereocenters. The number of pyridine rings is 1. The lowest BCUT2D eigenvalue weighted by Crippen LogP contribution is -2.55. The number of hydrogen-bond acceptors (Lipinski definition) is 6. The van der Waals surface area contributed by atoms with Crippen LogP contribution in [0.15, 0.2) is 18.3 Å². The molecule has 8 nitrogen and oxygen atoms in total. The molecule has 2 aliphatic rings. The van der Waals surface area contributed by atoms with E-state index in [0.29, 0.717) is 50.1 Å². The van der Waals surface area contributed by atoms with E-state index in [9.17, 15) is 9.59 Å². The Balaban J connectivity index is 1.46. The van der Waals surface area contributed by atoms with Crippen LogP contribution in [0.2, 0.25) is 0 Å². The molecule has 0 aliphatic carbocycles. The molecule has 3 rings (SSSR count). The molecule has 2 saturated heterocycles. The summed E-state index contributed by atoms with van der Waals surface area (Å²) in [7, 11) is 0. The van der Waals surface area contributed by atoms with E-state index in [0.717, 1.165) is 26.1 Å². The molecule has 30 heavy (non-hydrogen) atoms. The molecule has 1 atom stereocenters. The number of nitrogens with zero attached hydrogens (tertiary/aromatic N) is 3. The van der Waals surface area contributed by atoms with Gasteiger partial charge in [0.05, 0.1) is 18.2 Å². The maximum absolute atomic E-state index is 12.8. The molecule has 2 amide bonds. The third-order valence-electron chi connectivity index (χ3n) is 5.75. The smallest absolute Gasteiger partial charge is 0.255 e. The minimum absolute atomic E-state index is 0.0302. The standard InChI is InChI=1S/C22H34N4O4/c1-16(2)24-21(27)17(3)25-8-10-26(11-9-25)22(28)19-4-5-20(23-14-19)30-15-18-6-12-29-13-7-18/h4-5,14,16-18H,6-13,15H2,1-3H3,(H,24,27)/t17-/m1/s1. The zero-order chi connectivity index (χ0) is 21.5. The van der Waals surface area contributed by atoms with Gasteiger partial charge in [0, 0.05) is 57.7 Å². The van der Waals surface area contributed by atoms with Gasteiger partial charge in [0.15, 0.2) is 0 Å². The second-order valence-electron chi connectivity index (χ2n) is 8.42. The van der Waals surface area contributed by atoms with Crippen LogP contribution >= 0.6 is 0 Å². The normalized spacial score (nSPS) is 19.5. The van der Waals surface area contributed by atoms with Crippen molar-refractivity contribution in [2.75, 3.05) is 46.0 Å². The maximum Gasteiger partial charge on any atom is 0.255 e. The number of piperazine rings is 1. The van der Waals surface area contributed by atoms with Crippen LogP contribution < -0.4 is 10.1 Å². The number of carbonyl (C=O) groups is 2. The fourth-order valence-electron chi connectivity index (χ4n) is 3.77. The molecule has 1 N–H and O–H groups in total. The Morgan fingerprint density at radius 1 is 1.17 bits per heavy atom. The van der Waals surface area contributed by atoms with E-state index in [-0.39, 0.29) is 23.9 Å². The lowest BCUT2D eigenvalue weighted by atomic mass is 10.0. The molecule has 0 saturated carbocycles. The maximum atomic E-state index is 12.8. The summed E-state index contributed by atoms with van der Waals surface area (Å²) in [6.07, 6.45) is 3.62. The molecule has 1 aromatic heterocycles.